The summed E-state index contributed by atoms with van der Waals surface area (Å²) in [6.45, 7) is 6.36. The highest BCUT2D eigenvalue weighted by atomic mass is 32.1. The molecule has 2 rings (SSSR count). The molecule has 0 bridgehead atoms. The molecular weight excluding hydrogens is 256 g/mol. The van der Waals surface area contributed by atoms with Crippen LogP contribution in [0, 0.1) is 6.92 Å². The Morgan fingerprint density at radius 2 is 1.95 bits per heavy atom. The molecule has 0 aliphatic heterocycles. The first-order chi connectivity index (χ1) is 9.02. The van der Waals surface area contributed by atoms with Gasteiger partial charge in [-0.2, -0.15) is 0 Å². The van der Waals surface area contributed by atoms with Gasteiger partial charge in [0.05, 0.1) is 0 Å². The van der Waals surface area contributed by atoms with Gasteiger partial charge in [0, 0.05) is 4.88 Å². The van der Waals surface area contributed by atoms with E-state index in [2.05, 4.69) is 38.1 Å². The molecule has 0 amide bonds. The first-order valence-electron chi connectivity index (χ1n) is 6.47. The lowest BCUT2D eigenvalue weighted by Gasteiger charge is -2.09. The van der Waals surface area contributed by atoms with Crippen LogP contribution in [0.3, 0.4) is 0 Å². The van der Waals surface area contributed by atoms with Gasteiger partial charge in [0.1, 0.15) is 4.88 Å². The molecule has 2 aromatic rings. The van der Waals surface area contributed by atoms with Gasteiger partial charge >= 0.3 is 5.97 Å². The van der Waals surface area contributed by atoms with E-state index in [1.54, 1.807) is 6.07 Å². The maximum Gasteiger partial charge on any atom is 0.345 e. The third-order valence-electron chi connectivity index (χ3n) is 3.48. The highest BCUT2D eigenvalue weighted by molar-refractivity contribution is 7.17. The Morgan fingerprint density at radius 3 is 2.42 bits per heavy atom. The van der Waals surface area contributed by atoms with Crippen LogP contribution < -0.4 is 0 Å². The Morgan fingerprint density at radius 1 is 1.32 bits per heavy atom. The van der Waals surface area contributed by atoms with Gasteiger partial charge in [0.2, 0.25) is 0 Å². The van der Waals surface area contributed by atoms with E-state index in [0.29, 0.717) is 10.8 Å². The van der Waals surface area contributed by atoms with Crippen LogP contribution in [0.1, 0.15) is 47.0 Å². The minimum atomic E-state index is -0.851. The molecule has 1 aromatic heterocycles. The van der Waals surface area contributed by atoms with E-state index in [0.717, 1.165) is 22.4 Å². The Bertz CT molecular complexity index is 581. The van der Waals surface area contributed by atoms with Crippen molar-refractivity contribution in [3.63, 3.8) is 0 Å². The summed E-state index contributed by atoms with van der Waals surface area (Å²) in [7, 11) is 0. The zero-order chi connectivity index (χ0) is 14.0. The van der Waals surface area contributed by atoms with Crippen molar-refractivity contribution < 1.29 is 9.90 Å². The molecule has 0 radical (unpaired) electrons. The molecule has 0 saturated carbocycles. The van der Waals surface area contributed by atoms with Crippen molar-refractivity contribution in [2.45, 2.75) is 33.1 Å². The summed E-state index contributed by atoms with van der Waals surface area (Å²) in [4.78, 5) is 12.4. The molecule has 0 aliphatic rings. The van der Waals surface area contributed by atoms with Crippen molar-refractivity contribution in [1.82, 2.24) is 0 Å². The maximum atomic E-state index is 11.0. The molecule has 19 heavy (non-hydrogen) atoms. The fraction of sp³-hybridized carbons (Fsp3) is 0.312. The minimum absolute atomic E-state index is 0.401. The SMILES string of the molecule is CCC(C)c1ccc(-c2sc(C(=O)O)cc2C)cc1. The molecule has 1 atom stereocenters. The van der Waals surface area contributed by atoms with Crippen LogP contribution in [0.15, 0.2) is 30.3 Å². The Hall–Kier alpha value is -1.61. The van der Waals surface area contributed by atoms with Crippen LogP contribution in [-0.4, -0.2) is 11.1 Å². The van der Waals surface area contributed by atoms with Crippen molar-refractivity contribution in [1.29, 1.82) is 0 Å². The highest BCUT2D eigenvalue weighted by Gasteiger charge is 2.12. The second-order valence-electron chi connectivity index (χ2n) is 4.86. The van der Waals surface area contributed by atoms with Gasteiger partial charge in [-0.3, -0.25) is 0 Å². The van der Waals surface area contributed by atoms with Crippen LogP contribution in [-0.2, 0) is 0 Å². The molecule has 1 heterocycles. The van der Waals surface area contributed by atoms with Gasteiger partial charge in [0.25, 0.3) is 0 Å². The van der Waals surface area contributed by atoms with E-state index in [1.165, 1.54) is 16.9 Å². The Labute approximate surface area is 117 Å². The summed E-state index contributed by atoms with van der Waals surface area (Å²) in [6, 6.07) is 10.2. The van der Waals surface area contributed by atoms with Crippen LogP contribution in [0.5, 0.6) is 0 Å². The van der Waals surface area contributed by atoms with Crippen LogP contribution in [0.4, 0.5) is 0 Å². The summed E-state index contributed by atoms with van der Waals surface area (Å²) in [5.41, 5.74) is 3.46. The minimum Gasteiger partial charge on any atom is -0.477 e. The topological polar surface area (TPSA) is 37.3 Å². The van der Waals surface area contributed by atoms with Gasteiger partial charge in [-0.05, 0) is 42.0 Å². The summed E-state index contributed by atoms with van der Waals surface area (Å²) >= 11 is 1.34. The quantitative estimate of drug-likeness (QED) is 0.857. The number of hydrogen-bond acceptors (Lipinski definition) is 2. The number of carboxylic acid groups (broad SMARTS) is 1. The fourth-order valence-corrected chi connectivity index (χ4v) is 3.09. The van der Waals surface area contributed by atoms with E-state index < -0.39 is 5.97 Å². The van der Waals surface area contributed by atoms with Gasteiger partial charge in [-0.25, -0.2) is 4.79 Å². The summed E-state index contributed by atoms with van der Waals surface area (Å²) in [5, 5.41) is 9.03. The molecule has 2 nitrogen and oxygen atoms in total. The van der Waals surface area contributed by atoms with Gasteiger partial charge in [-0.1, -0.05) is 38.1 Å². The smallest absolute Gasteiger partial charge is 0.345 e. The number of thiophene rings is 1. The molecule has 0 spiro atoms. The molecule has 0 saturated heterocycles. The number of benzene rings is 1. The predicted octanol–water partition coefficient (Wildman–Crippen LogP) is 4.94. The van der Waals surface area contributed by atoms with Crippen molar-refractivity contribution in [2.75, 3.05) is 0 Å². The molecule has 1 N–H and O–H groups in total. The average Bonchev–Trinajstić information content (AvgIpc) is 2.80. The van der Waals surface area contributed by atoms with E-state index in [1.807, 2.05) is 6.92 Å². The standard InChI is InChI=1S/C16H18O2S/c1-4-10(2)12-5-7-13(8-6-12)15-11(3)9-14(19-15)16(17)18/h5-10H,4H2,1-3H3,(H,17,18). The van der Waals surface area contributed by atoms with Crippen LogP contribution in [0.25, 0.3) is 10.4 Å². The molecule has 1 aromatic carbocycles. The molecule has 1 unspecified atom stereocenters. The average molecular weight is 274 g/mol. The lowest BCUT2D eigenvalue weighted by atomic mass is 9.97. The predicted molar refractivity (Wildman–Crippen MR) is 80.2 cm³/mol. The van der Waals surface area contributed by atoms with Crippen molar-refractivity contribution in [2.24, 2.45) is 0 Å². The van der Waals surface area contributed by atoms with E-state index in [-0.39, 0.29) is 0 Å². The third-order valence-corrected chi connectivity index (χ3v) is 4.76. The molecular formula is C16H18O2S. The van der Waals surface area contributed by atoms with Crippen molar-refractivity contribution in [3.8, 4) is 10.4 Å². The number of hydrogen-bond donors (Lipinski definition) is 1. The maximum absolute atomic E-state index is 11.0. The summed E-state index contributed by atoms with van der Waals surface area (Å²) < 4.78 is 0. The van der Waals surface area contributed by atoms with E-state index in [9.17, 15) is 4.79 Å². The first kappa shape index (κ1) is 13.8. The third kappa shape index (κ3) is 2.87. The highest BCUT2D eigenvalue weighted by Crippen LogP contribution is 2.33. The second kappa shape index (κ2) is 5.57. The lowest BCUT2D eigenvalue weighted by molar-refractivity contribution is 0.0702. The largest absolute Gasteiger partial charge is 0.477 e. The van der Waals surface area contributed by atoms with Gasteiger partial charge in [0.15, 0.2) is 0 Å². The number of rotatable bonds is 4. The second-order valence-corrected chi connectivity index (χ2v) is 5.91. The zero-order valence-electron chi connectivity index (χ0n) is 11.4. The lowest BCUT2D eigenvalue weighted by Crippen LogP contribution is -1.90. The molecule has 0 fully saturated rings. The summed E-state index contributed by atoms with van der Waals surface area (Å²) in [5.74, 6) is -0.288. The fourth-order valence-electron chi connectivity index (χ4n) is 2.07. The number of aromatic carboxylic acids is 1. The molecule has 100 valence electrons. The van der Waals surface area contributed by atoms with E-state index in [4.69, 9.17) is 5.11 Å². The van der Waals surface area contributed by atoms with Crippen molar-refractivity contribution in [3.05, 3.63) is 46.3 Å². The van der Waals surface area contributed by atoms with Crippen LogP contribution in [0.2, 0.25) is 0 Å². The number of carbonyl (C=O) groups is 1. The number of carboxylic acids is 1. The molecule has 0 aliphatic carbocycles. The number of aryl methyl sites for hydroxylation is 1. The molecule has 3 heteroatoms. The normalized spacial score (nSPS) is 12.4. The first-order valence-corrected chi connectivity index (χ1v) is 7.28. The van der Waals surface area contributed by atoms with E-state index >= 15 is 0 Å². The Balaban J connectivity index is 2.34. The monoisotopic (exact) mass is 274 g/mol. The van der Waals surface area contributed by atoms with Gasteiger partial charge < -0.3 is 5.11 Å². The van der Waals surface area contributed by atoms with Crippen molar-refractivity contribution >= 4 is 17.3 Å². The summed E-state index contributed by atoms with van der Waals surface area (Å²) in [6.07, 6.45) is 1.13. The van der Waals surface area contributed by atoms with Gasteiger partial charge in [-0.15, -0.1) is 11.3 Å². The van der Waals surface area contributed by atoms with Crippen LogP contribution >= 0.6 is 11.3 Å². The zero-order valence-corrected chi connectivity index (χ0v) is 12.3. The Kier molecular flexibility index (Phi) is 4.05.